The Balaban J connectivity index is 1.27. The number of nitrogens with one attached hydrogen (secondary N) is 1. The second-order valence-electron chi connectivity index (χ2n) is 20.3. The smallest absolute Gasteiger partial charge is 0.364 e. The van der Waals surface area contributed by atoms with Crippen molar-refractivity contribution in [2.24, 2.45) is 11.7 Å². The largest absolute Gasteiger partial charge is 0.477 e. The van der Waals surface area contributed by atoms with E-state index in [-0.39, 0.29) is 19.6 Å². The first kappa shape index (κ1) is 66.8. The molecular formula is C45H78N2O33. The number of amides is 1. The Kier molecular flexibility index (Phi) is 24.4. The van der Waals surface area contributed by atoms with Crippen LogP contribution in [0.15, 0.2) is 0 Å². The van der Waals surface area contributed by atoms with E-state index < -0.39 is 248 Å². The van der Waals surface area contributed by atoms with Crippen molar-refractivity contribution in [1.82, 2.24) is 5.32 Å². The van der Waals surface area contributed by atoms with E-state index in [9.17, 15) is 107 Å². The standard InChI is InChI=1S/C45H78N2O33/c1-13-15(55)6-45(44(67)68,79-33(13)23(57)16(56)7-48)80-37-25(59)18(9-50)71-43(31(37)65)75-34-19(10-51)72-39(22(26(34)60)47-14(2)54)78-38-32(66)40(69-5-3-4-46)73-21(12-53)36(38)77-42-30(64)28(62)35(20(11-52)74-42)76-41-29(63)27(61)24(58)17(8-49)70-41/h13,15-43,48-53,55-66H,3-12,46H2,1-2H3,(H,47,54)(H,67,68)/t13-,15-,16-,17?,18?,19?,20?,21?,22?,23-,24+,25+,26-,27+,28-,29?,30?,31?,32?,33?,34-,35-,36+,37+,38-,39+,40-,41+,42+,43+,45+/m1/s1. The molecule has 6 rings (SSSR count). The summed E-state index contributed by atoms with van der Waals surface area (Å²) in [5.41, 5.74) is 5.62. The van der Waals surface area contributed by atoms with Crippen LogP contribution in [0.4, 0.5) is 0 Å². The minimum atomic E-state index is -3.04. The molecule has 6 aliphatic heterocycles. The number of ether oxygens (including phenoxy) is 12. The summed E-state index contributed by atoms with van der Waals surface area (Å²) in [5.74, 6) is -7.03. The lowest BCUT2D eigenvalue weighted by Crippen LogP contribution is -2.70. The average Bonchev–Trinajstić information content (AvgIpc) is 3.61. The van der Waals surface area contributed by atoms with Gasteiger partial charge in [0.15, 0.2) is 31.5 Å². The predicted octanol–water partition coefficient (Wildman–Crippen LogP) is -13.1. The zero-order valence-corrected chi connectivity index (χ0v) is 43.2. The van der Waals surface area contributed by atoms with Gasteiger partial charge in [-0.25, -0.2) is 4.79 Å². The van der Waals surface area contributed by atoms with Gasteiger partial charge in [-0.2, -0.15) is 0 Å². The van der Waals surface area contributed by atoms with Gasteiger partial charge in [0, 0.05) is 19.3 Å². The Morgan fingerprint density at radius 3 is 1.57 bits per heavy atom. The van der Waals surface area contributed by atoms with Crippen LogP contribution < -0.4 is 11.1 Å². The highest BCUT2D eigenvalue weighted by Crippen LogP contribution is 2.41. The molecule has 0 spiro atoms. The number of carboxylic acids is 1. The zero-order valence-electron chi connectivity index (χ0n) is 43.2. The van der Waals surface area contributed by atoms with Crippen LogP contribution in [0.3, 0.4) is 0 Å². The SMILES string of the molecule is CC(=O)NC1[C@H](O[C@@H]2C(O)[C@H](OCCCN)OC(CO)[C@@H]2O[C@@H]2OC(CO)[C@@H](O[C@@H]3OC(CO)[C@H](O)[C@H](O)C3O)[C@H](O)C2O)OC(CO)[C@@H](O[C@@H]2OC(CO)[C@H](O)[C@H](O[C@]3(C(=O)O)C[C@@H](O)[C@@H](C)C([C@H](O)[C@H](O)CO)O3)C2O)[C@@H]1O. The van der Waals surface area contributed by atoms with Gasteiger partial charge >= 0.3 is 5.97 Å². The Morgan fingerprint density at radius 2 is 1.04 bits per heavy atom. The molecule has 11 unspecified atom stereocenters. The van der Waals surface area contributed by atoms with Gasteiger partial charge < -0.3 is 165 Å². The van der Waals surface area contributed by atoms with E-state index in [1.54, 1.807) is 0 Å². The number of aliphatic hydroxyl groups excluding tert-OH is 18. The lowest BCUT2D eigenvalue weighted by Gasteiger charge is -2.51. The minimum Gasteiger partial charge on any atom is -0.477 e. The van der Waals surface area contributed by atoms with Gasteiger partial charge in [0.1, 0.15) is 134 Å². The Hall–Kier alpha value is -2.30. The molecule has 6 fully saturated rings. The van der Waals surface area contributed by atoms with E-state index in [4.69, 9.17) is 62.6 Å². The van der Waals surface area contributed by atoms with Gasteiger partial charge in [-0.1, -0.05) is 6.92 Å². The van der Waals surface area contributed by atoms with E-state index in [2.05, 4.69) is 5.32 Å². The van der Waals surface area contributed by atoms with Crippen LogP contribution in [0, 0.1) is 5.92 Å². The summed E-state index contributed by atoms with van der Waals surface area (Å²) in [6.45, 7) is -3.85. The lowest BCUT2D eigenvalue weighted by atomic mass is 9.84. The molecule has 0 aromatic heterocycles. The first-order chi connectivity index (χ1) is 37.9. The molecule has 1 amide bonds. The number of aliphatic hydroxyl groups is 18. The maximum Gasteiger partial charge on any atom is 0.364 e. The maximum absolute atomic E-state index is 12.9. The first-order valence-electron chi connectivity index (χ1n) is 25.8. The van der Waals surface area contributed by atoms with E-state index in [0.717, 1.165) is 6.92 Å². The van der Waals surface area contributed by atoms with Crippen molar-refractivity contribution in [1.29, 1.82) is 0 Å². The second kappa shape index (κ2) is 29.2. The van der Waals surface area contributed by atoms with Crippen LogP contribution >= 0.6 is 0 Å². The fourth-order valence-electron chi connectivity index (χ4n) is 10.2. The van der Waals surface area contributed by atoms with E-state index in [0.29, 0.717) is 0 Å². The summed E-state index contributed by atoms with van der Waals surface area (Å²) >= 11 is 0. The predicted molar refractivity (Wildman–Crippen MR) is 249 cm³/mol. The number of carbonyl (C=O) groups excluding carboxylic acids is 1. The van der Waals surface area contributed by atoms with Crippen molar-refractivity contribution in [2.45, 2.75) is 210 Å². The number of carboxylic acid groups (broad SMARTS) is 1. The maximum atomic E-state index is 12.9. The molecule has 0 saturated carbocycles. The van der Waals surface area contributed by atoms with Crippen molar-refractivity contribution in [3.63, 3.8) is 0 Å². The topological polar surface area (TPSA) is 567 Å². The molecule has 31 atom stereocenters. The number of hydrogen-bond acceptors (Lipinski definition) is 33. The van der Waals surface area contributed by atoms with Crippen molar-refractivity contribution in [3.05, 3.63) is 0 Å². The summed E-state index contributed by atoms with van der Waals surface area (Å²) in [5, 5.41) is 207. The van der Waals surface area contributed by atoms with Gasteiger partial charge in [-0.3, -0.25) is 4.79 Å². The Bertz CT molecular complexity index is 1920. The summed E-state index contributed by atoms with van der Waals surface area (Å²) in [7, 11) is 0. The first-order valence-corrected chi connectivity index (χ1v) is 25.8. The number of hydrogen-bond donors (Lipinski definition) is 21. The molecule has 80 heavy (non-hydrogen) atoms. The molecular weight excluding hydrogens is 1100 g/mol. The number of carbonyl (C=O) groups is 2. The fourth-order valence-corrected chi connectivity index (χ4v) is 10.2. The van der Waals surface area contributed by atoms with Crippen LogP contribution in [-0.2, 0) is 66.4 Å². The van der Waals surface area contributed by atoms with Gasteiger partial charge in [-0.05, 0) is 13.0 Å². The van der Waals surface area contributed by atoms with Gasteiger partial charge in [-0.15, -0.1) is 0 Å². The molecule has 0 aromatic carbocycles. The van der Waals surface area contributed by atoms with Crippen LogP contribution in [0.2, 0.25) is 0 Å². The van der Waals surface area contributed by atoms with Crippen LogP contribution in [0.1, 0.15) is 26.7 Å². The zero-order chi connectivity index (χ0) is 59.2. The summed E-state index contributed by atoms with van der Waals surface area (Å²) in [4.78, 5) is 25.8. The average molecular weight is 1180 g/mol. The number of rotatable bonds is 24. The fraction of sp³-hybridized carbons (Fsp3) is 0.956. The molecule has 0 aromatic rings. The third-order valence-corrected chi connectivity index (χ3v) is 14.8. The number of nitrogens with two attached hydrogens (primary N) is 1. The molecule has 0 bridgehead atoms. The quantitative estimate of drug-likeness (QED) is 0.0399. The van der Waals surface area contributed by atoms with E-state index >= 15 is 0 Å². The summed E-state index contributed by atoms with van der Waals surface area (Å²) in [6, 6.07) is -1.86. The summed E-state index contributed by atoms with van der Waals surface area (Å²) < 4.78 is 69.6. The van der Waals surface area contributed by atoms with Crippen LogP contribution in [0.25, 0.3) is 0 Å². The molecule has 0 aliphatic carbocycles. The van der Waals surface area contributed by atoms with Gasteiger partial charge in [0.25, 0.3) is 5.79 Å². The van der Waals surface area contributed by atoms with Gasteiger partial charge in [0.2, 0.25) is 5.91 Å². The van der Waals surface area contributed by atoms with Crippen molar-refractivity contribution in [2.75, 3.05) is 52.8 Å². The normalized spacial score (nSPS) is 47.3. The highest BCUT2D eigenvalue weighted by molar-refractivity contribution is 5.76. The molecule has 6 aliphatic rings. The summed E-state index contributed by atoms with van der Waals surface area (Å²) in [6.07, 6.45) is -55.0. The minimum absolute atomic E-state index is 0.102. The third kappa shape index (κ3) is 14.3. The lowest BCUT2D eigenvalue weighted by molar-refractivity contribution is -0.398. The Labute approximate surface area is 454 Å². The Morgan fingerprint density at radius 1 is 0.575 bits per heavy atom. The molecule has 466 valence electrons. The second-order valence-corrected chi connectivity index (χ2v) is 20.3. The van der Waals surface area contributed by atoms with Crippen molar-refractivity contribution < 1.29 is 163 Å². The van der Waals surface area contributed by atoms with Gasteiger partial charge in [0.05, 0.1) is 58.5 Å². The van der Waals surface area contributed by atoms with Crippen molar-refractivity contribution in [3.8, 4) is 0 Å². The van der Waals surface area contributed by atoms with Crippen LogP contribution in [-0.4, -0.2) is 345 Å². The molecule has 6 heterocycles. The molecule has 35 nitrogen and oxygen atoms in total. The number of aliphatic carboxylic acids is 1. The van der Waals surface area contributed by atoms with E-state index in [1.807, 2.05) is 0 Å². The highest BCUT2D eigenvalue weighted by Gasteiger charge is 2.61. The molecule has 22 N–H and O–H groups in total. The van der Waals surface area contributed by atoms with Crippen LogP contribution in [0.5, 0.6) is 0 Å². The van der Waals surface area contributed by atoms with E-state index in [1.165, 1.54) is 6.92 Å². The highest BCUT2D eigenvalue weighted by atomic mass is 16.8. The third-order valence-electron chi connectivity index (χ3n) is 14.8. The van der Waals surface area contributed by atoms with Crippen molar-refractivity contribution >= 4 is 11.9 Å². The monoisotopic (exact) mass is 1170 g/mol. The molecule has 35 heteroatoms. The molecule has 6 saturated heterocycles. The molecule has 0 radical (unpaired) electrons.